The third-order valence-corrected chi connectivity index (χ3v) is 5.97. The van der Waals surface area contributed by atoms with E-state index in [9.17, 15) is 32.3 Å². The summed E-state index contributed by atoms with van der Waals surface area (Å²) in [5, 5.41) is 1.81. The number of nitrogens with one attached hydrogen (secondary N) is 1. The van der Waals surface area contributed by atoms with E-state index in [1.54, 1.807) is 11.8 Å². The van der Waals surface area contributed by atoms with Gasteiger partial charge in [-0.1, -0.05) is 30.3 Å². The predicted octanol–water partition coefficient (Wildman–Crippen LogP) is 2.09. The number of carbonyl (C=O) groups excluding carboxylic acids is 2. The Morgan fingerprint density at radius 1 is 1.11 bits per heavy atom. The molecule has 0 aliphatic carbocycles. The molecule has 13 heteroatoms. The highest BCUT2D eigenvalue weighted by molar-refractivity contribution is 5.82. The van der Waals surface area contributed by atoms with Gasteiger partial charge in [0.1, 0.15) is 11.5 Å². The van der Waals surface area contributed by atoms with Gasteiger partial charge >= 0.3 is 23.7 Å². The minimum absolute atomic E-state index is 0.00516. The molecule has 0 radical (unpaired) electrons. The number of hydrogen-bond acceptors (Lipinski definition) is 7. The van der Waals surface area contributed by atoms with Crippen LogP contribution in [0.5, 0.6) is 0 Å². The number of alkyl halides is 3. The van der Waals surface area contributed by atoms with Crippen LogP contribution in [0.25, 0.3) is 0 Å². The molecule has 2 heterocycles. The van der Waals surface area contributed by atoms with Crippen LogP contribution < -0.4 is 26.4 Å². The second-order valence-corrected chi connectivity index (χ2v) is 8.91. The van der Waals surface area contributed by atoms with Crippen LogP contribution in [0, 0.1) is 0 Å². The molecule has 1 aliphatic rings. The average Bonchev–Trinajstić information content (AvgIpc) is 3.18. The van der Waals surface area contributed by atoms with E-state index in [1.807, 2.05) is 35.6 Å². The molecule has 3 rings (SSSR count). The van der Waals surface area contributed by atoms with E-state index in [0.29, 0.717) is 19.3 Å². The van der Waals surface area contributed by atoms with E-state index < -0.39 is 30.0 Å². The van der Waals surface area contributed by atoms with E-state index in [1.165, 1.54) is 23.4 Å². The van der Waals surface area contributed by atoms with Crippen LogP contribution in [-0.2, 0) is 34.5 Å². The second-order valence-electron chi connectivity index (χ2n) is 8.91. The molecule has 0 fully saturated rings. The highest BCUT2D eigenvalue weighted by atomic mass is 19.4. The first-order valence-corrected chi connectivity index (χ1v) is 11.8. The summed E-state index contributed by atoms with van der Waals surface area (Å²) in [5.41, 5.74) is -0.161. The molecule has 0 saturated carbocycles. The van der Waals surface area contributed by atoms with Crippen LogP contribution in [0.3, 0.4) is 0 Å². The van der Waals surface area contributed by atoms with Crippen LogP contribution in [0.4, 0.5) is 24.7 Å². The number of ether oxygens (including phenoxy) is 1. The topological polar surface area (TPSA) is 106 Å². The van der Waals surface area contributed by atoms with Gasteiger partial charge in [0.15, 0.2) is 0 Å². The van der Waals surface area contributed by atoms with Gasteiger partial charge in [0.2, 0.25) is 0 Å². The van der Waals surface area contributed by atoms with Gasteiger partial charge in [-0.15, -0.1) is 0 Å². The van der Waals surface area contributed by atoms with Crippen molar-refractivity contribution in [2.75, 3.05) is 23.1 Å². The van der Waals surface area contributed by atoms with Gasteiger partial charge in [-0.25, -0.2) is 4.79 Å². The quantitative estimate of drug-likeness (QED) is 0.374. The Kier molecular flexibility index (Phi) is 8.66. The van der Waals surface area contributed by atoms with Gasteiger partial charge in [-0.2, -0.15) is 13.2 Å². The van der Waals surface area contributed by atoms with Crippen LogP contribution in [0.1, 0.15) is 38.7 Å². The Labute approximate surface area is 211 Å². The summed E-state index contributed by atoms with van der Waals surface area (Å²) in [7, 11) is 1.43. The van der Waals surface area contributed by atoms with Crippen LogP contribution in [0.2, 0.25) is 0 Å². The minimum atomic E-state index is -5.06. The summed E-state index contributed by atoms with van der Waals surface area (Å²) < 4.78 is 45.6. The van der Waals surface area contributed by atoms with Gasteiger partial charge in [-0.05, 0) is 31.7 Å². The number of hydrogen-bond donors (Lipinski definition) is 1. The summed E-state index contributed by atoms with van der Waals surface area (Å²) >= 11 is 0. The second kappa shape index (κ2) is 11.5. The van der Waals surface area contributed by atoms with E-state index in [2.05, 4.69) is 0 Å². The Morgan fingerprint density at radius 2 is 1.78 bits per heavy atom. The highest BCUT2D eigenvalue weighted by Gasteiger charge is 2.40. The van der Waals surface area contributed by atoms with Crippen molar-refractivity contribution in [3.63, 3.8) is 0 Å². The molecule has 1 aromatic carbocycles. The van der Waals surface area contributed by atoms with Gasteiger partial charge in [0, 0.05) is 27.1 Å². The third kappa shape index (κ3) is 6.71. The lowest BCUT2D eigenvalue weighted by molar-refractivity contribution is -0.173. The Morgan fingerprint density at radius 3 is 2.41 bits per heavy atom. The molecular formula is C24H30F3N5O5. The van der Waals surface area contributed by atoms with Gasteiger partial charge in [0.05, 0.1) is 19.4 Å². The molecule has 37 heavy (non-hydrogen) atoms. The molecule has 202 valence electrons. The number of esters is 1. The molecule has 1 unspecified atom stereocenters. The smallest absolute Gasteiger partial charge is 0.463 e. The normalized spacial score (nSPS) is 13.9. The van der Waals surface area contributed by atoms with Crippen molar-refractivity contribution in [3.05, 3.63) is 56.7 Å². The maximum atomic E-state index is 13.5. The van der Waals surface area contributed by atoms with Gasteiger partial charge in [-0.3, -0.25) is 23.5 Å². The van der Waals surface area contributed by atoms with E-state index in [-0.39, 0.29) is 43.3 Å². The zero-order valence-corrected chi connectivity index (χ0v) is 20.9. The number of nitrogens with zero attached hydrogens (tertiary/aromatic N) is 4. The van der Waals surface area contributed by atoms with E-state index >= 15 is 0 Å². The third-order valence-electron chi connectivity index (χ3n) is 5.97. The Hall–Kier alpha value is -3.77. The zero-order valence-electron chi connectivity index (χ0n) is 20.9. The predicted molar refractivity (Wildman–Crippen MR) is 130 cm³/mol. The van der Waals surface area contributed by atoms with Gasteiger partial charge in [0.25, 0.3) is 5.56 Å². The fourth-order valence-electron chi connectivity index (χ4n) is 4.29. The standard InChI is InChI=1S/C24H30F3N5O5/c1-16(37-17(2)33)9-7-8-12-32-21(34)19-20(29(3)23(32)36)31(14-28-22(35)24(25,26)27)15-30(19)13-18-10-5-4-6-11-18/h4-6,10-11,16H,7-9,12-15H2,1-3H3,(H,28,35). The summed E-state index contributed by atoms with van der Waals surface area (Å²) in [6, 6.07) is 9.17. The number of aromatic nitrogens is 2. The number of anilines is 2. The molecule has 2 aromatic rings. The lowest BCUT2D eigenvalue weighted by atomic mass is 10.1. The molecule has 1 aliphatic heterocycles. The van der Waals surface area contributed by atoms with Crippen LogP contribution in [-0.4, -0.2) is 46.6 Å². The summed E-state index contributed by atoms with van der Waals surface area (Å²) in [4.78, 5) is 52.1. The molecular weight excluding hydrogens is 495 g/mol. The first-order chi connectivity index (χ1) is 17.4. The SMILES string of the molecule is CC(=O)OC(C)CCCCn1c(=O)c2c(n(C)c1=O)N(CNC(=O)C(F)(F)F)CN2Cc1ccccc1. The van der Waals surface area contributed by atoms with Crippen molar-refractivity contribution in [3.8, 4) is 0 Å². The summed E-state index contributed by atoms with van der Waals surface area (Å²) in [5.74, 6) is -2.37. The van der Waals surface area contributed by atoms with Crippen LogP contribution in [0.15, 0.2) is 39.9 Å². The molecule has 0 bridgehead atoms. The maximum Gasteiger partial charge on any atom is 0.471 e. The Bertz CT molecular complexity index is 1240. The first kappa shape index (κ1) is 27.8. The number of benzene rings is 1. The molecule has 0 saturated heterocycles. The number of amides is 1. The average molecular weight is 526 g/mol. The van der Waals surface area contributed by atoms with Crippen molar-refractivity contribution >= 4 is 23.4 Å². The van der Waals surface area contributed by atoms with Crippen LogP contribution >= 0.6 is 0 Å². The lowest BCUT2D eigenvalue weighted by Gasteiger charge is -2.22. The van der Waals surface area contributed by atoms with Crippen molar-refractivity contribution < 1.29 is 27.5 Å². The zero-order chi connectivity index (χ0) is 27.3. The van der Waals surface area contributed by atoms with Gasteiger partial charge < -0.3 is 19.9 Å². The summed E-state index contributed by atoms with van der Waals surface area (Å²) in [6.45, 7) is 2.93. The van der Waals surface area contributed by atoms with Crippen molar-refractivity contribution in [1.29, 1.82) is 0 Å². The first-order valence-electron chi connectivity index (χ1n) is 11.8. The van der Waals surface area contributed by atoms with Crippen molar-refractivity contribution in [2.24, 2.45) is 7.05 Å². The minimum Gasteiger partial charge on any atom is -0.463 e. The van der Waals surface area contributed by atoms with E-state index in [4.69, 9.17) is 4.74 Å². The Balaban J connectivity index is 1.88. The van der Waals surface area contributed by atoms with Crippen molar-refractivity contribution in [2.45, 2.75) is 58.5 Å². The molecule has 1 amide bonds. The summed E-state index contributed by atoms with van der Waals surface area (Å²) in [6.07, 6.45) is -3.71. The van der Waals surface area contributed by atoms with E-state index in [0.717, 1.165) is 10.1 Å². The number of unbranched alkanes of at least 4 members (excludes halogenated alkanes) is 1. The number of halogens is 3. The monoisotopic (exact) mass is 525 g/mol. The molecule has 1 atom stereocenters. The number of fused-ring (bicyclic) bond motifs is 1. The highest BCUT2D eigenvalue weighted by Crippen LogP contribution is 2.32. The fourth-order valence-corrected chi connectivity index (χ4v) is 4.29. The number of carbonyl (C=O) groups is 2. The molecule has 1 aromatic heterocycles. The molecule has 0 spiro atoms. The molecule has 10 nitrogen and oxygen atoms in total. The fraction of sp³-hybridized carbons (Fsp3) is 0.500. The van der Waals surface area contributed by atoms with Crippen molar-refractivity contribution in [1.82, 2.24) is 14.5 Å². The number of rotatable bonds is 10. The maximum absolute atomic E-state index is 13.5. The largest absolute Gasteiger partial charge is 0.471 e. The molecule has 1 N–H and O–H groups in total. The lowest BCUT2D eigenvalue weighted by Crippen LogP contribution is -2.45.